The number of aryl methyl sites for hydroxylation is 2. The fourth-order valence-electron chi connectivity index (χ4n) is 3.59. The molecule has 0 aliphatic carbocycles. The van der Waals surface area contributed by atoms with Gasteiger partial charge in [-0.1, -0.05) is 30.3 Å². The van der Waals surface area contributed by atoms with Crippen LogP contribution < -0.4 is 5.32 Å². The van der Waals surface area contributed by atoms with Crippen molar-refractivity contribution in [2.24, 2.45) is 0 Å². The third-order valence-corrected chi connectivity index (χ3v) is 6.66. The van der Waals surface area contributed by atoms with E-state index in [9.17, 15) is 14.4 Å². The molecule has 7 nitrogen and oxygen atoms in total. The number of thiophene rings is 1. The van der Waals surface area contributed by atoms with Gasteiger partial charge in [0, 0.05) is 15.8 Å². The number of hydrogen-bond acceptors (Lipinski definition) is 7. The van der Waals surface area contributed by atoms with Crippen LogP contribution in [0.25, 0.3) is 21.4 Å². The molecule has 2 heterocycles. The lowest BCUT2D eigenvalue weighted by molar-refractivity contribution is -0.146. The third-order valence-electron chi connectivity index (χ3n) is 5.49. The second kappa shape index (κ2) is 10.6. The first-order valence-corrected chi connectivity index (χ1v) is 12.0. The molecule has 4 rings (SSSR count). The van der Waals surface area contributed by atoms with Crippen molar-refractivity contribution >= 4 is 45.8 Å². The van der Waals surface area contributed by atoms with Gasteiger partial charge < -0.3 is 19.2 Å². The summed E-state index contributed by atoms with van der Waals surface area (Å²) in [6.07, 6.45) is 1.51. The lowest BCUT2D eigenvalue weighted by Gasteiger charge is -2.07. The Morgan fingerprint density at radius 3 is 2.49 bits per heavy atom. The second-order valence-electron chi connectivity index (χ2n) is 8.02. The molecule has 1 N–H and O–H groups in total. The molecule has 0 saturated carbocycles. The molecule has 0 aliphatic heterocycles. The average molecular weight is 492 g/mol. The largest absolute Gasteiger partial charge is 0.464 e. The van der Waals surface area contributed by atoms with Crippen LogP contribution >= 0.6 is 11.3 Å². The summed E-state index contributed by atoms with van der Waals surface area (Å²) in [7, 11) is 0. The molecule has 2 aromatic heterocycles. The van der Waals surface area contributed by atoms with E-state index in [1.54, 1.807) is 13.0 Å². The maximum atomic E-state index is 12.5. The smallest absolute Gasteiger partial charge is 0.350 e. The minimum Gasteiger partial charge on any atom is -0.464 e. The summed E-state index contributed by atoms with van der Waals surface area (Å²) in [5, 5.41) is 3.52. The average Bonchev–Trinajstić information content (AvgIpc) is 3.43. The van der Waals surface area contributed by atoms with Gasteiger partial charge in [-0.15, -0.1) is 11.3 Å². The molecule has 0 spiro atoms. The molecule has 35 heavy (non-hydrogen) atoms. The van der Waals surface area contributed by atoms with Gasteiger partial charge in [-0.05, 0) is 55.7 Å². The highest BCUT2D eigenvalue weighted by Crippen LogP contribution is 2.35. The predicted octanol–water partition coefficient (Wildman–Crippen LogP) is 5.68. The van der Waals surface area contributed by atoms with Crippen LogP contribution in [0.3, 0.4) is 0 Å². The van der Waals surface area contributed by atoms with Crippen LogP contribution in [-0.4, -0.2) is 31.1 Å². The maximum Gasteiger partial charge on any atom is 0.350 e. The molecular weight excluding hydrogens is 466 g/mol. The van der Waals surface area contributed by atoms with Crippen molar-refractivity contribution in [2.75, 3.05) is 18.5 Å². The fraction of sp³-hybridized carbons (Fsp3) is 0.222. The molecule has 0 radical (unpaired) electrons. The van der Waals surface area contributed by atoms with Crippen LogP contribution in [0.1, 0.15) is 33.3 Å². The Morgan fingerprint density at radius 1 is 1.00 bits per heavy atom. The van der Waals surface area contributed by atoms with Crippen LogP contribution in [0.15, 0.2) is 59.2 Å². The molecule has 1 amide bonds. The topological polar surface area (TPSA) is 94.8 Å². The monoisotopic (exact) mass is 491 g/mol. The van der Waals surface area contributed by atoms with Gasteiger partial charge in [0.15, 0.2) is 6.61 Å². The predicted molar refractivity (Wildman–Crippen MR) is 135 cm³/mol. The normalized spacial score (nSPS) is 10.8. The number of furan rings is 1. The van der Waals surface area contributed by atoms with Crippen molar-refractivity contribution in [3.63, 3.8) is 0 Å². The van der Waals surface area contributed by atoms with Gasteiger partial charge in [0.1, 0.15) is 10.5 Å². The molecule has 0 atom stereocenters. The van der Waals surface area contributed by atoms with Crippen molar-refractivity contribution in [1.29, 1.82) is 0 Å². The molecule has 8 heteroatoms. The molecule has 4 aromatic rings. The first kappa shape index (κ1) is 24.2. The molecule has 0 bridgehead atoms. The molecule has 0 saturated heterocycles. The van der Waals surface area contributed by atoms with E-state index in [1.165, 1.54) is 17.6 Å². The number of carbonyl (C=O) groups is 3. The lowest BCUT2D eigenvalue weighted by atomic mass is 10.0. The first-order chi connectivity index (χ1) is 16.9. The van der Waals surface area contributed by atoms with Crippen LogP contribution in [-0.2, 0) is 25.5 Å². The Hall–Kier alpha value is -3.91. The van der Waals surface area contributed by atoms with Gasteiger partial charge in [-0.2, -0.15) is 0 Å². The number of hydrogen-bond donors (Lipinski definition) is 1. The van der Waals surface area contributed by atoms with Gasteiger partial charge in [0.05, 0.1) is 25.0 Å². The van der Waals surface area contributed by atoms with E-state index in [-0.39, 0.29) is 17.9 Å². The van der Waals surface area contributed by atoms with E-state index in [2.05, 4.69) is 5.32 Å². The van der Waals surface area contributed by atoms with E-state index in [0.29, 0.717) is 16.8 Å². The highest BCUT2D eigenvalue weighted by atomic mass is 32.1. The summed E-state index contributed by atoms with van der Waals surface area (Å²) in [6, 6.07) is 15.1. The Kier molecular flexibility index (Phi) is 7.31. The Labute approximate surface area is 206 Å². The summed E-state index contributed by atoms with van der Waals surface area (Å²) < 4.78 is 15.9. The first-order valence-electron chi connectivity index (χ1n) is 11.1. The SMILES string of the molecule is CCOC(=O)c1sc(-c2ccccc2)cc1NC(=O)COC(=O)Cc1coc2cc(C)c(C)cc12. The van der Waals surface area contributed by atoms with Crippen LogP contribution in [0, 0.1) is 13.8 Å². The van der Waals surface area contributed by atoms with Crippen molar-refractivity contribution in [1.82, 2.24) is 0 Å². The zero-order chi connectivity index (χ0) is 24.9. The molecule has 0 fully saturated rings. The quantitative estimate of drug-likeness (QED) is 0.319. The summed E-state index contributed by atoms with van der Waals surface area (Å²) in [6.45, 7) is 5.43. The van der Waals surface area contributed by atoms with E-state index < -0.39 is 24.5 Å². The standard InChI is InChI=1S/C27H25NO6S/c1-4-32-27(31)26-21(13-23(35-26)18-8-6-5-7-9-18)28-24(29)15-34-25(30)12-19-14-33-22-11-17(3)16(2)10-20(19)22/h5-11,13-14H,4,12,15H2,1-3H3,(H,28,29). The van der Waals surface area contributed by atoms with Gasteiger partial charge in [0.25, 0.3) is 5.91 Å². The van der Waals surface area contributed by atoms with Crippen LogP contribution in [0.5, 0.6) is 0 Å². The van der Waals surface area contributed by atoms with Gasteiger partial charge >= 0.3 is 11.9 Å². The fourth-order valence-corrected chi connectivity index (χ4v) is 4.60. The summed E-state index contributed by atoms with van der Waals surface area (Å²) >= 11 is 1.23. The summed E-state index contributed by atoms with van der Waals surface area (Å²) in [4.78, 5) is 38.4. The van der Waals surface area contributed by atoms with Crippen molar-refractivity contribution in [3.05, 3.63) is 76.4 Å². The molecule has 0 unspecified atom stereocenters. The van der Waals surface area contributed by atoms with Crippen LogP contribution in [0.4, 0.5) is 5.69 Å². The Balaban J connectivity index is 1.42. The number of carbonyl (C=O) groups excluding carboxylic acids is 3. The lowest BCUT2D eigenvalue weighted by Crippen LogP contribution is -2.22. The van der Waals surface area contributed by atoms with Crippen LogP contribution in [0.2, 0.25) is 0 Å². The Morgan fingerprint density at radius 2 is 1.74 bits per heavy atom. The summed E-state index contributed by atoms with van der Waals surface area (Å²) in [5.41, 5.74) is 4.82. The number of nitrogens with one attached hydrogen (secondary N) is 1. The van der Waals surface area contributed by atoms with Gasteiger partial charge in [-0.25, -0.2) is 4.79 Å². The van der Waals surface area contributed by atoms with Gasteiger partial charge in [-0.3, -0.25) is 9.59 Å². The van der Waals surface area contributed by atoms with Crippen molar-refractivity contribution < 1.29 is 28.3 Å². The number of rotatable bonds is 8. The number of esters is 2. The zero-order valence-corrected chi connectivity index (χ0v) is 20.5. The minimum atomic E-state index is -0.554. The third kappa shape index (κ3) is 5.60. The number of benzene rings is 2. The van der Waals surface area contributed by atoms with Crippen molar-refractivity contribution in [3.8, 4) is 10.4 Å². The maximum absolute atomic E-state index is 12.5. The number of fused-ring (bicyclic) bond motifs is 1. The van der Waals surface area contributed by atoms with Gasteiger partial charge in [0.2, 0.25) is 0 Å². The summed E-state index contributed by atoms with van der Waals surface area (Å²) in [5.74, 6) is -1.63. The molecule has 0 aliphatic rings. The van der Waals surface area contributed by atoms with Crippen molar-refractivity contribution in [2.45, 2.75) is 27.2 Å². The molecule has 180 valence electrons. The highest BCUT2D eigenvalue weighted by Gasteiger charge is 2.21. The van der Waals surface area contributed by atoms with E-state index in [4.69, 9.17) is 13.9 Å². The Bertz CT molecular complexity index is 1390. The van der Waals surface area contributed by atoms with E-state index in [0.717, 1.165) is 27.0 Å². The molecular formula is C27H25NO6S. The zero-order valence-electron chi connectivity index (χ0n) is 19.7. The number of ether oxygens (including phenoxy) is 2. The second-order valence-corrected chi connectivity index (χ2v) is 9.07. The number of anilines is 1. The molecule has 2 aromatic carbocycles. The highest BCUT2D eigenvalue weighted by molar-refractivity contribution is 7.18. The van der Waals surface area contributed by atoms with E-state index in [1.807, 2.05) is 56.3 Å². The number of amides is 1. The minimum absolute atomic E-state index is 0.0204. The van der Waals surface area contributed by atoms with E-state index >= 15 is 0 Å².